The van der Waals surface area contributed by atoms with Gasteiger partial charge in [-0.3, -0.25) is 9.59 Å². The number of methoxy groups -OCH3 is 1. The van der Waals surface area contributed by atoms with Crippen molar-refractivity contribution in [2.45, 2.75) is 12.5 Å². The molecule has 28 heavy (non-hydrogen) atoms. The lowest BCUT2D eigenvalue weighted by Gasteiger charge is -2.18. The van der Waals surface area contributed by atoms with Crippen LogP contribution in [0.25, 0.3) is 0 Å². The highest BCUT2D eigenvalue weighted by atomic mass is 16.5. The highest BCUT2D eigenvalue weighted by Gasteiger charge is 2.24. The van der Waals surface area contributed by atoms with Crippen LogP contribution in [0.4, 0.5) is 0 Å². The van der Waals surface area contributed by atoms with Gasteiger partial charge in [0.05, 0.1) is 6.61 Å². The third-order valence-electron chi connectivity index (χ3n) is 3.88. The van der Waals surface area contributed by atoms with Gasteiger partial charge < -0.3 is 20.1 Å². The predicted octanol–water partition coefficient (Wildman–Crippen LogP) is 1.33. The number of hydrogen-bond acceptors (Lipinski definition) is 5. The van der Waals surface area contributed by atoms with E-state index in [1.165, 1.54) is 7.11 Å². The maximum absolute atomic E-state index is 12.5. The Kier molecular flexibility index (Phi) is 8.68. The first-order valence-corrected chi connectivity index (χ1v) is 8.92. The van der Waals surface area contributed by atoms with E-state index in [-0.39, 0.29) is 12.3 Å². The average Bonchev–Trinajstić information content (AvgIpc) is 2.73. The molecule has 0 bridgehead atoms. The Morgan fingerprint density at radius 1 is 0.964 bits per heavy atom. The lowest BCUT2D eigenvalue weighted by molar-refractivity contribution is -0.150. The van der Waals surface area contributed by atoms with E-state index in [1.807, 2.05) is 30.3 Å². The van der Waals surface area contributed by atoms with Crippen molar-refractivity contribution in [3.05, 3.63) is 71.8 Å². The Bertz CT molecular complexity index is 765. The van der Waals surface area contributed by atoms with Crippen LogP contribution < -0.4 is 10.6 Å². The van der Waals surface area contributed by atoms with Crippen LogP contribution in [0, 0.1) is 0 Å². The molecule has 2 N–H and O–H groups in total. The molecule has 0 saturated carbocycles. The summed E-state index contributed by atoms with van der Waals surface area (Å²) in [5.41, 5.74) is 1.30. The van der Waals surface area contributed by atoms with Crippen LogP contribution >= 0.6 is 0 Å². The molecule has 0 aliphatic heterocycles. The van der Waals surface area contributed by atoms with Gasteiger partial charge >= 0.3 is 5.97 Å². The molecule has 2 rings (SSSR count). The van der Waals surface area contributed by atoms with Gasteiger partial charge in [0.15, 0.2) is 6.61 Å². The van der Waals surface area contributed by atoms with Crippen molar-refractivity contribution >= 4 is 17.8 Å². The lowest BCUT2D eigenvalue weighted by Crippen LogP contribution is -2.44. The number of esters is 1. The van der Waals surface area contributed by atoms with Crippen LogP contribution in [-0.2, 0) is 25.5 Å². The summed E-state index contributed by atoms with van der Waals surface area (Å²) in [5, 5.41) is 5.26. The zero-order chi connectivity index (χ0) is 20.2. The standard InChI is InChI=1S/C21H24N2O5/c1-27-13-12-22-19(24)15-28-21(26)18(14-16-8-4-2-5-9-16)23-20(25)17-10-6-3-7-11-17/h2-11,18H,12-15H2,1H3,(H,22,24)(H,23,25)/t18-/m0/s1. The van der Waals surface area contributed by atoms with Crippen molar-refractivity contribution < 1.29 is 23.9 Å². The fourth-order valence-electron chi connectivity index (χ4n) is 2.46. The van der Waals surface area contributed by atoms with Crippen molar-refractivity contribution in [2.24, 2.45) is 0 Å². The van der Waals surface area contributed by atoms with Crippen LogP contribution in [0.1, 0.15) is 15.9 Å². The molecule has 2 amide bonds. The first-order valence-electron chi connectivity index (χ1n) is 8.92. The molecule has 0 heterocycles. The number of ether oxygens (including phenoxy) is 2. The molecule has 0 aliphatic carbocycles. The molecule has 7 nitrogen and oxygen atoms in total. The quantitative estimate of drug-likeness (QED) is 0.476. The topological polar surface area (TPSA) is 93.7 Å². The molecule has 2 aromatic carbocycles. The molecule has 7 heteroatoms. The van der Waals surface area contributed by atoms with Crippen LogP contribution in [0.3, 0.4) is 0 Å². The second-order valence-corrected chi connectivity index (χ2v) is 6.03. The molecule has 148 valence electrons. The molecule has 2 aromatic rings. The number of amides is 2. The van der Waals surface area contributed by atoms with Crippen molar-refractivity contribution in [3.8, 4) is 0 Å². The van der Waals surface area contributed by atoms with E-state index in [0.29, 0.717) is 18.7 Å². The van der Waals surface area contributed by atoms with Crippen LogP contribution in [0.2, 0.25) is 0 Å². The van der Waals surface area contributed by atoms with Gasteiger partial charge in [-0.2, -0.15) is 0 Å². The molecule has 0 fully saturated rings. The van der Waals surface area contributed by atoms with Gasteiger partial charge in [0.1, 0.15) is 6.04 Å². The van der Waals surface area contributed by atoms with E-state index in [0.717, 1.165) is 5.56 Å². The molecule has 1 atom stereocenters. The summed E-state index contributed by atoms with van der Waals surface area (Å²) in [4.78, 5) is 36.7. The lowest BCUT2D eigenvalue weighted by atomic mass is 10.1. The number of rotatable bonds is 10. The van der Waals surface area contributed by atoms with E-state index < -0.39 is 24.5 Å². The van der Waals surface area contributed by atoms with Crippen molar-refractivity contribution in [3.63, 3.8) is 0 Å². The maximum atomic E-state index is 12.5. The summed E-state index contributed by atoms with van der Waals surface area (Å²) >= 11 is 0. The van der Waals surface area contributed by atoms with Crippen LogP contribution in [0.15, 0.2) is 60.7 Å². The molecule has 0 unspecified atom stereocenters. The molecule has 0 spiro atoms. The largest absolute Gasteiger partial charge is 0.454 e. The summed E-state index contributed by atoms with van der Waals surface area (Å²) in [6.07, 6.45) is 0.254. The SMILES string of the molecule is COCCNC(=O)COC(=O)[C@H](Cc1ccccc1)NC(=O)c1ccccc1. The summed E-state index contributed by atoms with van der Waals surface area (Å²) in [7, 11) is 1.52. The van der Waals surface area contributed by atoms with Crippen molar-refractivity contribution in [1.29, 1.82) is 0 Å². The third kappa shape index (κ3) is 7.20. The Morgan fingerprint density at radius 3 is 2.25 bits per heavy atom. The minimum absolute atomic E-state index is 0.254. The Hall–Kier alpha value is -3.19. The number of hydrogen-bond donors (Lipinski definition) is 2. The summed E-state index contributed by atoms with van der Waals surface area (Å²) in [6.45, 7) is 0.267. The molecule has 0 radical (unpaired) electrons. The summed E-state index contributed by atoms with van der Waals surface area (Å²) in [5.74, 6) is -1.49. The van der Waals surface area contributed by atoms with E-state index in [1.54, 1.807) is 30.3 Å². The zero-order valence-corrected chi connectivity index (χ0v) is 15.7. The number of nitrogens with one attached hydrogen (secondary N) is 2. The van der Waals surface area contributed by atoms with Gasteiger partial charge in [-0.05, 0) is 17.7 Å². The number of benzene rings is 2. The van der Waals surface area contributed by atoms with Crippen molar-refractivity contribution in [2.75, 3.05) is 26.9 Å². The van der Waals surface area contributed by atoms with Gasteiger partial charge in [0.2, 0.25) is 0 Å². The van der Waals surface area contributed by atoms with Gasteiger partial charge in [0, 0.05) is 25.6 Å². The monoisotopic (exact) mass is 384 g/mol. The maximum Gasteiger partial charge on any atom is 0.329 e. The second kappa shape index (κ2) is 11.5. The Balaban J connectivity index is 1.99. The number of carbonyl (C=O) groups is 3. The molecular weight excluding hydrogens is 360 g/mol. The first-order chi connectivity index (χ1) is 13.6. The smallest absolute Gasteiger partial charge is 0.329 e. The van der Waals surface area contributed by atoms with Crippen LogP contribution in [-0.4, -0.2) is 50.7 Å². The molecule has 0 aliphatic rings. The van der Waals surface area contributed by atoms with E-state index >= 15 is 0 Å². The van der Waals surface area contributed by atoms with E-state index in [9.17, 15) is 14.4 Å². The highest BCUT2D eigenvalue weighted by Crippen LogP contribution is 2.07. The molecular formula is C21H24N2O5. The van der Waals surface area contributed by atoms with E-state index in [4.69, 9.17) is 9.47 Å². The summed E-state index contributed by atoms with van der Waals surface area (Å²) in [6, 6.07) is 16.9. The average molecular weight is 384 g/mol. The minimum atomic E-state index is -0.915. The summed E-state index contributed by atoms with van der Waals surface area (Å²) < 4.78 is 9.94. The third-order valence-corrected chi connectivity index (χ3v) is 3.88. The zero-order valence-electron chi connectivity index (χ0n) is 15.7. The Morgan fingerprint density at radius 2 is 1.61 bits per heavy atom. The fourth-order valence-corrected chi connectivity index (χ4v) is 2.46. The van der Waals surface area contributed by atoms with Gasteiger partial charge in [-0.15, -0.1) is 0 Å². The normalized spacial score (nSPS) is 11.3. The van der Waals surface area contributed by atoms with Gasteiger partial charge in [0.25, 0.3) is 11.8 Å². The minimum Gasteiger partial charge on any atom is -0.454 e. The number of carbonyl (C=O) groups excluding carboxylic acids is 3. The first kappa shape index (κ1) is 21.1. The van der Waals surface area contributed by atoms with Crippen LogP contribution in [0.5, 0.6) is 0 Å². The van der Waals surface area contributed by atoms with Gasteiger partial charge in [-0.1, -0.05) is 48.5 Å². The fraction of sp³-hybridized carbons (Fsp3) is 0.286. The van der Waals surface area contributed by atoms with Gasteiger partial charge in [-0.25, -0.2) is 4.79 Å². The Labute approximate surface area is 164 Å². The molecule has 0 aromatic heterocycles. The second-order valence-electron chi connectivity index (χ2n) is 6.03. The molecule has 0 saturated heterocycles. The predicted molar refractivity (Wildman–Crippen MR) is 104 cm³/mol. The van der Waals surface area contributed by atoms with Crippen molar-refractivity contribution in [1.82, 2.24) is 10.6 Å². The highest BCUT2D eigenvalue weighted by molar-refractivity contribution is 5.97. The van der Waals surface area contributed by atoms with E-state index in [2.05, 4.69) is 10.6 Å².